The van der Waals surface area contributed by atoms with E-state index in [2.05, 4.69) is 4.72 Å². The van der Waals surface area contributed by atoms with Crippen molar-refractivity contribution >= 4 is 21.6 Å². The first-order valence-corrected chi connectivity index (χ1v) is 9.37. The summed E-state index contributed by atoms with van der Waals surface area (Å²) in [4.78, 5) is 14.2. The summed E-state index contributed by atoms with van der Waals surface area (Å²) in [6, 6.07) is 15.3. The Balaban J connectivity index is 2.22. The molecule has 0 aromatic heterocycles. The molecule has 0 radical (unpaired) electrons. The van der Waals surface area contributed by atoms with E-state index in [4.69, 9.17) is 0 Å². The molecule has 0 fully saturated rings. The second-order valence-electron chi connectivity index (χ2n) is 5.48. The Kier molecular flexibility index (Phi) is 6.11. The van der Waals surface area contributed by atoms with E-state index in [9.17, 15) is 13.2 Å². The zero-order valence-electron chi connectivity index (χ0n) is 13.9. The van der Waals surface area contributed by atoms with Crippen molar-refractivity contribution in [2.45, 2.75) is 24.7 Å². The maximum Gasteiger partial charge on any atom is 0.258 e. The molecule has 0 aliphatic heterocycles. The normalized spacial score (nSPS) is 11.2. The second kappa shape index (κ2) is 8.08. The molecule has 0 saturated carbocycles. The monoisotopic (exact) mass is 346 g/mol. The van der Waals surface area contributed by atoms with Crippen molar-refractivity contribution in [2.24, 2.45) is 0 Å². The van der Waals surface area contributed by atoms with Gasteiger partial charge in [-0.15, -0.1) is 0 Å². The van der Waals surface area contributed by atoms with Gasteiger partial charge in [-0.25, -0.2) is 13.1 Å². The highest BCUT2D eigenvalue weighted by molar-refractivity contribution is 7.89. The fraction of sp³-hybridized carbons (Fsp3) is 0.278. The predicted octanol–water partition coefficient (Wildman–Crippen LogP) is 3.04. The number of hydrogen-bond acceptors (Lipinski definition) is 3. The molecule has 0 unspecified atom stereocenters. The molecule has 0 saturated heterocycles. The first-order valence-electron chi connectivity index (χ1n) is 7.88. The molecule has 2 aromatic rings. The third-order valence-electron chi connectivity index (χ3n) is 3.66. The van der Waals surface area contributed by atoms with E-state index in [0.29, 0.717) is 12.1 Å². The van der Waals surface area contributed by atoms with Crippen LogP contribution in [0, 0.1) is 0 Å². The van der Waals surface area contributed by atoms with Gasteiger partial charge in [-0.3, -0.25) is 4.79 Å². The van der Waals surface area contributed by atoms with E-state index in [-0.39, 0.29) is 10.8 Å². The lowest BCUT2D eigenvalue weighted by Crippen LogP contribution is -2.27. The van der Waals surface area contributed by atoms with Gasteiger partial charge in [0.2, 0.25) is 10.0 Å². The van der Waals surface area contributed by atoms with Crippen LogP contribution < -0.4 is 9.62 Å². The van der Waals surface area contributed by atoms with Crippen LogP contribution in [0.2, 0.25) is 0 Å². The first-order chi connectivity index (χ1) is 11.5. The quantitative estimate of drug-likeness (QED) is 0.784. The molecule has 6 heteroatoms. The number of anilines is 1. The Morgan fingerprint density at radius 3 is 2.46 bits per heavy atom. The Morgan fingerprint density at radius 2 is 1.79 bits per heavy atom. The second-order valence-corrected chi connectivity index (χ2v) is 7.25. The molecule has 5 nitrogen and oxygen atoms in total. The average molecular weight is 346 g/mol. The lowest BCUT2D eigenvalue weighted by molar-refractivity contribution is 0.0993. The lowest BCUT2D eigenvalue weighted by Gasteiger charge is -2.17. The van der Waals surface area contributed by atoms with E-state index in [1.807, 2.05) is 37.3 Å². The van der Waals surface area contributed by atoms with Crippen molar-refractivity contribution in [3.8, 4) is 0 Å². The minimum atomic E-state index is -3.60. The summed E-state index contributed by atoms with van der Waals surface area (Å²) in [6.45, 7) is 2.38. The van der Waals surface area contributed by atoms with Gasteiger partial charge in [0.05, 0.1) is 4.90 Å². The van der Waals surface area contributed by atoms with E-state index < -0.39 is 10.0 Å². The Labute approximate surface area is 143 Å². The van der Waals surface area contributed by atoms with Gasteiger partial charge in [-0.2, -0.15) is 0 Å². The topological polar surface area (TPSA) is 66.5 Å². The summed E-state index contributed by atoms with van der Waals surface area (Å²) in [5.41, 5.74) is 1.08. The van der Waals surface area contributed by atoms with E-state index in [1.54, 1.807) is 19.2 Å². The fourth-order valence-electron chi connectivity index (χ4n) is 2.23. The predicted molar refractivity (Wildman–Crippen MR) is 95.7 cm³/mol. The van der Waals surface area contributed by atoms with Crippen LogP contribution in [0.1, 0.15) is 30.1 Å². The van der Waals surface area contributed by atoms with Gasteiger partial charge >= 0.3 is 0 Å². The minimum Gasteiger partial charge on any atom is -0.311 e. The summed E-state index contributed by atoms with van der Waals surface area (Å²) in [5, 5.41) is 0. The number of carbonyl (C=O) groups excluding carboxylic acids is 1. The van der Waals surface area contributed by atoms with Gasteiger partial charge in [-0.1, -0.05) is 37.6 Å². The number of para-hydroxylation sites is 1. The van der Waals surface area contributed by atoms with Crippen LogP contribution in [0.5, 0.6) is 0 Å². The third kappa shape index (κ3) is 4.43. The number of nitrogens with zero attached hydrogens (tertiary/aromatic N) is 1. The van der Waals surface area contributed by atoms with Crippen molar-refractivity contribution in [3.05, 3.63) is 60.2 Å². The molecule has 0 bridgehead atoms. The molecule has 1 N–H and O–H groups in total. The van der Waals surface area contributed by atoms with Crippen molar-refractivity contribution in [1.29, 1.82) is 0 Å². The van der Waals surface area contributed by atoms with Crippen LogP contribution in [0.15, 0.2) is 59.5 Å². The fourth-order valence-corrected chi connectivity index (χ4v) is 3.35. The number of sulfonamides is 1. The number of benzene rings is 2. The van der Waals surface area contributed by atoms with Crippen LogP contribution >= 0.6 is 0 Å². The summed E-state index contributed by atoms with van der Waals surface area (Å²) in [7, 11) is -1.93. The number of amides is 1. The van der Waals surface area contributed by atoms with Crippen LogP contribution in [0.4, 0.5) is 5.69 Å². The maximum absolute atomic E-state index is 12.6. The zero-order chi connectivity index (χ0) is 17.6. The highest BCUT2D eigenvalue weighted by Gasteiger charge is 2.18. The SMILES string of the molecule is CCCCNS(=O)(=O)c1cccc(C(=O)N(C)c2ccccc2)c1. The molecule has 0 spiro atoms. The summed E-state index contributed by atoms with van der Waals surface area (Å²) in [6.07, 6.45) is 1.68. The molecule has 24 heavy (non-hydrogen) atoms. The highest BCUT2D eigenvalue weighted by atomic mass is 32.2. The molecule has 0 aliphatic rings. The van der Waals surface area contributed by atoms with Crippen LogP contribution in [-0.4, -0.2) is 27.9 Å². The van der Waals surface area contributed by atoms with Gasteiger partial charge in [0, 0.05) is 24.8 Å². The Hall–Kier alpha value is -2.18. The lowest BCUT2D eigenvalue weighted by atomic mass is 10.2. The van der Waals surface area contributed by atoms with Gasteiger partial charge in [0.1, 0.15) is 0 Å². The number of carbonyl (C=O) groups is 1. The molecular formula is C18H22N2O3S. The van der Waals surface area contributed by atoms with E-state index in [1.165, 1.54) is 17.0 Å². The molecule has 128 valence electrons. The van der Waals surface area contributed by atoms with E-state index >= 15 is 0 Å². The standard InChI is InChI=1S/C18H22N2O3S/c1-3-4-13-19-24(22,23)17-12-8-9-15(14-17)18(21)20(2)16-10-6-5-7-11-16/h5-12,14,19H,3-4,13H2,1-2H3. The summed E-state index contributed by atoms with van der Waals surface area (Å²) >= 11 is 0. The zero-order valence-corrected chi connectivity index (χ0v) is 14.7. The van der Waals surface area contributed by atoms with Crippen LogP contribution in [0.25, 0.3) is 0 Å². The van der Waals surface area contributed by atoms with Gasteiger partial charge in [-0.05, 0) is 36.8 Å². The number of hydrogen-bond donors (Lipinski definition) is 1. The molecule has 0 heterocycles. The first kappa shape index (κ1) is 18.2. The maximum atomic E-state index is 12.6. The summed E-state index contributed by atoms with van der Waals surface area (Å²) < 4.78 is 27.1. The molecular weight excluding hydrogens is 324 g/mol. The molecule has 2 aromatic carbocycles. The van der Waals surface area contributed by atoms with Gasteiger partial charge < -0.3 is 4.90 Å². The van der Waals surface area contributed by atoms with Crippen molar-refractivity contribution < 1.29 is 13.2 Å². The number of rotatable bonds is 7. The van der Waals surface area contributed by atoms with E-state index in [0.717, 1.165) is 18.5 Å². The molecule has 1 amide bonds. The minimum absolute atomic E-state index is 0.103. The Bertz CT molecular complexity index is 789. The molecule has 0 atom stereocenters. The molecule has 2 rings (SSSR count). The van der Waals surface area contributed by atoms with Crippen molar-refractivity contribution in [3.63, 3.8) is 0 Å². The van der Waals surface area contributed by atoms with Gasteiger partial charge in [0.25, 0.3) is 5.91 Å². The average Bonchev–Trinajstić information content (AvgIpc) is 2.61. The highest BCUT2D eigenvalue weighted by Crippen LogP contribution is 2.17. The number of nitrogens with one attached hydrogen (secondary N) is 1. The Morgan fingerprint density at radius 1 is 1.08 bits per heavy atom. The third-order valence-corrected chi connectivity index (χ3v) is 5.12. The van der Waals surface area contributed by atoms with Crippen LogP contribution in [0.3, 0.4) is 0 Å². The smallest absolute Gasteiger partial charge is 0.258 e. The largest absolute Gasteiger partial charge is 0.311 e. The number of unbranched alkanes of at least 4 members (excludes halogenated alkanes) is 1. The van der Waals surface area contributed by atoms with Crippen molar-refractivity contribution in [2.75, 3.05) is 18.5 Å². The van der Waals surface area contributed by atoms with Crippen molar-refractivity contribution in [1.82, 2.24) is 4.72 Å². The van der Waals surface area contributed by atoms with Crippen LogP contribution in [-0.2, 0) is 10.0 Å². The molecule has 0 aliphatic carbocycles. The van der Waals surface area contributed by atoms with Gasteiger partial charge in [0.15, 0.2) is 0 Å². The summed E-state index contributed by atoms with van der Waals surface area (Å²) in [5.74, 6) is -0.258.